The quantitative estimate of drug-likeness (QED) is 0.420. The summed E-state index contributed by atoms with van der Waals surface area (Å²) in [5.74, 6) is -0.488. The molecule has 2 heterocycles. The van der Waals surface area contributed by atoms with E-state index in [2.05, 4.69) is 24.5 Å². The molecular formula is C25H32N4O4S2. The summed E-state index contributed by atoms with van der Waals surface area (Å²) in [4.78, 5) is 51.5. The van der Waals surface area contributed by atoms with Crippen LogP contribution in [0.1, 0.15) is 87.5 Å². The molecule has 10 heteroatoms. The molecule has 0 saturated heterocycles. The first-order chi connectivity index (χ1) is 16.6. The van der Waals surface area contributed by atoms with Gasteiger partial charge in [-0.25, -0.2) is 0 Å². The molecule has 8 nitrogen and oxygen atoms in total. The van der Waals surface area contributed by atoms with Crippen LogP contribution in [0, 0.1) is 11.8 Å². The number of primary amides is 2. The van der Waals surface area contributed by atoms with Crippen molar-refractivity contribution in [2.24, 2.45) is 23.3 Å². The van der Waals surface area contributed by atoms with E-state index in [1.165, 1.54) is 22.7 Å². The van der Waals surface area contributed by atoms with Crippen molar-refractivity contribution < 1.29 is 19.2 Å². The van der Waals surface area contributed by atoms with Crippen molar-refractivity contribution in [3.8, 4) is 0 Å². The maximum Gasteiger partial charge on any atom is 0.251 e. The fraction of sp³-hybridized carbons (Fsp3) is 0.520. The van der Waals surface area contributed by atoms with Crippen LogP contribution in [0.25, 0.3) is 0 Å². The van der Waals surface area contributed by atoms with Crippen LogP contribution in [0.4, 0.5) is 10.0 Å². The van der Waals surface area contributed by atoms with Gasteiger partial charge in [0.2, 0.25) is 11.8 Å². The van der Waals surface area contributed by atoms with Gasteiger partial charge in [0.25, 0.3) is 11.8 Å². The predicted molar refractivity (Wildman–Crippen MR) is 139 cm³/mol. The summed E-state index contributed by atoms with van der Waals surface area (Å²) in [5.41, 5.74) is 14.0. The lowest BCUT2D eigenvalue weighted by atomic mass is 9.88. The van der Waals surface area contributed by atoms with Crippen LogP contribution in [0.15, 0.2) is 0 Å². The summed E-state index contributed by atoms with van der Waals surface area (Å²) < 4.78 is 0. The minimum Gasteiger partial charge on any atom is -0.365 e. The molecule has 0 bridgehead atoms. The van der Waals surface area contributed by atoms with Crippen LogP contribution < -0.4 is 22.1 Å². The van der Waals surface area contributed by atoms with E-state index in [0.29, 0.717) is 39.4 Å². The van der Waals surface area contributed by atoms with Gasteiger partial charge in [0.05, 0.1) is 11.1 Å². The Hall–Kier alpha value is -2.72. The molecule has 2 aromatic heterocycles. The minimum atomic E-state index is -0.523. The molecule has 2 aliphatic carbocycles. The second-order valence-corrected chi connectivity index (χ2v) is 12.0. The van der Waals surface area contributed by atoms with Gasteiger partial charge in [-0.15, -0.1) is 22.7 Å². The zero-order valence-corrected chi connectivity index (χ0v) is 21.8. The maximum atomic E-state index is 12.6. The minimum absolute atomic E-state index is 0.131. The smallest absolute Gasteiger partial charge is 0.251 e. The number of nitrogens with one attached hydrogen (secondary N) is 2. The van der Waals surface area contributed by atoms with Gasteiger partial charge in [-0.05, 0) is 67.9 Å². The molecule has 4 rings (SSSR count). The topological polar surface area (TPSA) is 144 Å². The highest BCUT2D eigenvalue weighted by molar-refractivity contribution is 7.17. The van der Waals surface area contributed by atoms with Gasteiger partial charge < -0.3 is 22.1 Å². The van der Waals surface area contributed by atoms with E-state index in [-0.39, 0.29) is 24.7 Å². The van der Waals surface area contributed by atoms with Crippen molar-refractivity contribution >= 4 is 56.3 Å². The second-order valence-electron chi connectivity index (χ2n) is 9.79. The molecule has 2 atom stereocenters. The Balaban J connectivity index is 1.33. The highest BCUT2D eigenvalue weighted by atomic mass is 32.1. The second kappa shape index (κ2) is 10.5. The molecule has 0 aliphatic heterocycles. The van der Waals surface area contributed by atoms with E-state index in [9.17, 15) is 19.2 Å². The summed E-state index contributed by atoms with van der Waals surface area (Å²) >= 11 is 2.85. The van der Waals surface area contributed by atoms with Gasteiger partial charge in [0.15, 0.2) is 0 Å². The summed E-state index contributed by atoms with van der Waals surface area (Å²) in [6.07, 6.45) is 5.94. The Morgan fingerprint density at radius 1 is 0.771 bits per heavy atom. The Morgan fingerprint density at radius 3 is 1.54 bits per heavy atom. The van der Waals surface area contributed by atoms with Gasteiger partial charge in [0, 0.05) is 22.6 Å². The van der Waals surface area contributed by atoms with Gasteiger partial charge in [-0.1, -0.05) is 13.8 Å². The number of nitrogens with two attached hydrogens (primary N) is 2. The molecule has 2 aliphatic rings. The number of anilines is 2. The number of rotatable bonds is 8. The highest BCUT2D eigenvalue weighted by Crippen LogP contribution is 2.40. The number of amides is 4. The molecule has 2 aromatic rings. The summed E-state index contributed by atoms with van der Waals surface area (Å²) in [6.45, 7) is 4.35. The first-order valence-corrected chi connectivity index (χ1v) is 13.8. The lowest BCUT2D eigenvalue weighted by molar-refractivity contribution is -0.117. The fourth-order valence-electron chi connectivity index (χ4n) is 4.99. The summed E-state index contributed by atoms with van der Waals surface area (Å²) in [5, 5.41) is 6.69. The number of thiophene rings is 2. The van der Waals surface area contributed by atoms with Crippen LogP contribution in [-0.4, -0.2) is 23.6 Å². The molecule has 4 amide bonds. The third-order valence-electron chi connectivity index (χ3n) is 6.83. The van der Waals surface area contributed by atoms with Crippen molar-refractivity contribution in [3.05, 3.63) is 32.0 Å². The number of carbonyl (C=O) groups excluding carboxylic acids is 4. The highest BCUT2D eigenvalue weighted by Gasteiger charge is 2.28. The average Bonchev–Trinajstić information content (AvgIpc) is 3.29. The molecule has 0 fully saturated rings. The monoisotopic (exact) mass is 516 g/mol. The predicted octanol–water partition coefficient (Wildman–Crippen LogP) is 4.00. The standard InChI is InChI=1S/C25H32N4O4S2/c1-12-6-8-14-16(10-12)34-24(20(14)22(26)32)28-18(30)4-3-5-19(31)29-25-21(23(27)33)15-9-7-13(2)11-17(15)35-25/h12-13H,3-11H2,1-2H3,(H2,26,32)(H2,27,33)(H,28,30)(H,29,31). The van der Waals surface area contributed by atoms with Crippen molar-refractivity contribution in [2.75, 3.05) is 10.6 Å². The molecule has 188 valence electrons. The van der Waals surface area contributed by atoms with E-state index in [1.54, 1.807) is 0 Å². The Bertz CT molecular complexity index is 1090. The maximum absolute atomic E-state index is 12.6. The lowest BCUT2D eigenvalue weighted by Crippen LogP contribution is -2.20. The molecule has 0 spiro atoms. The molecule has 0 radical (unpaired) electrons. The van der Waals surface area contributed by atoms with Crippen LogP contribution in [0.3, 0.4) is 0 Å². The molecular weight excluding hydrogens is 484 g/mol. The number of hydrogen-bond acceptors (Lipinski definition) is 6. The van der Waals surface area contributed by atoms with Crippen LogP contribution in [0.2, 0.25) is 0 Å². The summed E-state index contributed by atoms with van der Waals surface area (Å²) in [7, 11) is 0. The van der Waals surface area contributed by atoms with Gasteiger partial charge in [-0.2, -0.15) is 0 Å². The zero-order valence-electron chi connectivity index (χ0n) is 20.1. The number of hydrogen-bond donors (Lipinski definition) is 4. The van der Waals surface area contributed by atoms with Crippen molar-refractivity contribution in [1.82, 2.24) is 0 Å². The van der Waals surface area contributed by atoms with E-state index >= 15 is 0 Å². The average molecular weight is 517 g/mol. The number of carbonyl (C=O) groups is 4. The summed E-state index contributed by atoms with van der Waals surface area (Å²) in [6, 6.07) is 0. The molecule has 0 saturated carbocycles. The van der Waals surface area contributed by atoms with Crippen molar-refractivity contribution in [2.45, 2.75) is 71.6 Å². The zero-order chi connectivity index (χ0) is 25.3. The first kappa shape index (κ1) is 25.4. The fourth-order valence-corrected chi connectivity index (χ4v) is 7.85. The Labute approximate surface area is 212 Å². The molecule has 2 unspecified atom stereocenters. The van der Waals surface area contributed by atoms with Crippen molar-refractivity contribution in [1.29, 1.82) is 0 Å². The number of fused-ring (bicyclic) bond motifs is 2. The Morgan fingerprint density at radius 2 is 1.17 bits per heavy atom. The first-order valence-electron chi connectivity index (χ1n) is 12.1. The molecule has 0 aromatic carbocycles. The SMILES string of the molecule is CC1CCc2c(sc(NC(=O)CCCC(=O)Nc3sc4c(c3C(N)=O)CCC(C)C4)c2C(N)=O)C1. The van der Waals surface area contributed by atoms with Crippen LogP contribution in [-0.2, 0) is 35.3 Å². The largest absolute Gasteiger partial charge is 0.365 e. The van der Waals surface area contributed by atoms with E-state index in [0.717, 1.165) is 59.4 Å². The van der Waals surface area contributed by atoms with E-state index in [1.807, 2.05) is 0 Å². The van der Waals surface area contributed by atoms with Gasteiger partial charge in [-0.3, -0.25) is 19.2 Å². The van der Waals surface area contributed by atoms with Gasteiger partial charge >= 0.3 is 0 Å². The molecule has 6 N–H and O–H groups in total. The van der Waals surface area contributed by atoms with Crippen molar-refractivity contribution in [3.63, 3.8) is 0 Å². The third-order valence-corrected chi connectivity index (χ3v) is 9.17. The third kappa shape index (κ3) is 5.59. The Kier molecular flexibility index (Phi) is 7.61. The lowest BCUT2D eigenvalue weighted by Gasteiger charge is -2.18. The van der Waals surface area contributed by atoms with Crippen LogP contribution >= 0.6 is 22.7 Å². The molecule has 35 heavy (non-hydrogen) atoms. The van der Waals surface area contributed by atoms with Crippen LogP contribution in [0.5, 0.6) is 0 Å². The van der Waals surface area contributed by atoms with E-state index in [4.69, 9.17) is 11.5 Å². The normalized spacial score (nSPS) is 18.9. The van der Waals surface area contributed by atoms with Gasteiger partial charge in [0.1, 0.15) is 10.0 Å². The van der Waals surface area contributed by atoms with E-state index < -0.39 is 11.8 Å².